The van der Waals surface area contributed by atoms with E-state index in [1.165, 1.54) is 17.7 Å². The average Bonchev–Trinajstić information content (AvgIpc) is 3.13. The Morgan fingerprint density at radius 3 is 2.95 bits per heavy atom. The molecule has 0 radical (unpaired) electrons. The minimum absolute atomic E-state index is 0.386. The molecule has 0 aromatic carbocycles. The summed E-state index contributed by atoms with van der Waals surface area (Å²) in [6.45, 7) is 3.14. The molecule has 2 rings (SSSR count). The third kappa shape index (κ3) is 5.58. The van der Waals surface area contributed by atoms with E-state index in [0.717, 1.165) is 6.54 Å². The fraction of sp³-hybridized carbons (Fsp3) is 0.714. The molecule has 1 fully saturated rings. The second-order valence-electron chi connectivity index (χ2n) is 4.96. The lowest BCUT2D eigenvalue weighted by Crippen LogP contribution is -2.36. The Hall–Kier alpha value is -0.460. The minimum Gasteiger partial charge on any atom is -0.389 e. The summed E-state index contributed by atoms with van der Waals surface area (Å²) in [5.41, 5.74) is 0. The summed E-state index contributed by atoms with van der Waals surface area (Å²) >= 11 is 1.78. The van der Waals surface area contributed by atoms with Crippen LogP contribution in [0, 0.1) is 0 Å². The van der Waals surface area contributed by atoms with Gasteiger partial charge in [0.1, 0.15) is 0 Å². The Morgan fingerprint density at radius 2 is 2.32 bits per heavy atom. The fourth-order valence-electron chi connectivity index (χ4n) is 2.07. The summed E-state index contributed by atoms with van der Waals surface area (Å²) < 4.78 is 10.3. The second kappa shape index (κ2) is 7.97. The predicted octanol–water partition coefficient (Wildman–Crippen LogP) is 1.74. The van der Waals surface area contributed by atoms with Crippen LogP contribution in [0.1, 0.15) is 17.7 Å². The molecule has 0 saturated heterocycles. The summed E-state index contributed by atoms with van der Waals surface area (Å²) in [7, 11) is 1.65. The molecule has 1 heterocycles. The Balaban J connectivity index is 1.70. The molecule has 1 saturated carbocycles. The minimum atomic E-state index is -0.419. The summed E-state index contributed by atoms with van der Waals surface area (Å²) in [5.74, 6) is 0. The molecule has 19 heavy (non-hydrogen) atoms. The lowest BCUT2D eigenvalue weighted by molar-refractivity contribution is -0.00261. The molecule has 1 aromatic rings. The topological polar surface area (TPSA) is 41.9 Å². The number of hydrogen-bond acceptors (Lipinski definition) is 5. The third-order valence-corrected chi connectivity index (χ3v) is 4.05. The van der Waals surface area contributed by atoms with Crippen LogP contribution in [0.2, 0.25) is 0 Å². The van der Waals surface area contributed by atoms with Crippen molar-refractivity contribution in [3.8, 4) is 0 Å². The van der Waals surface area contributed by atoms with Crippen molar-refractivity contribution in [3.63, 3.8) is 0 Å². The number of hydrogen-bond donors (Lipinski definition) is 1. The first-order chi connectivity index (χ1) is 9.29. The van der Waals surface area contributed by atoms with Crippen LogP contribution < -0.4 is 0 Å². The first-order valence-electron chi connectivity index (χ1n) is 6.80. The molecule has 1 aliphatic rings. The van der Waals surface area contributed by atoms with Gasteiger partial charge in [0.15, 0.2) is 0 Å². The van der Waals surface area contributed by atoms with Gasteiger partial charge in [0.25, 0.3) is 0 Å². The maximum Gasteiger partial charge on any atom is 0.0900 e. The number of ether oxygens (including phenoxy) is 2. The molecule has 5 heteroatoms. The van der Waals surface area contributed by atoms with Crippen LogP contribution in [-0.2, 0) is 16.0 Å². The maximum absolute atomic E-state index is 10.0. The molecular weight excluding hydrogens is 262 g/mol. The molecule has 0 spiro atoms. The van der Waals surface area contributed by atoms with Crippen LogP contribution in [0.4, 0.5) is 0 Å². The Labute approximate surface area is 118 Å². The molecule has 1 atom stereocenters. The molecule has 1 aromatic heterocycles. The van der Waals surface area contributed by atoms with Gasteiger partial charge in [-0.25, -0.2) is 0 Å². The Kier molecular flexibility index (Phi) is 6.26. The smallest absolute Gasteiger partial charge is 0.0900 e. The largest absolute Gasteiger partial charge is 0.389 e. The van der Waals surface area contributed by atoms with E-state index in [0.29, 0.717) is 32.4 Å². The van der Waals surface area contributed by atoms with Gasteiger partial charge in [-0.3, -0.25) is 4.90 Å². The van der Waals surface area contributed by atoms with E-state index in [-0.39, 0.29) is 0 Å². The lowest BCUT2D eigenvalue weighted by atomic mass is 10.3. The van der Waals surface area contributed by atoms with Crippen molar-refractivity contribution >= 4 is 11.3 Å². The molecular formula is C14H23NO3S. The molecule has 108 valence electrons. The van der Waals surface area contributed by atoms with E-state index >= 15 is 0 Å². The van der Waals surface area contributed by atoms with Gasteiger partial charge in [0.05, 0.1) is 25.9 Å². The van der Waals surface area contributed by atoms with E-state index in [1.54, 1.807) is 18.4 Å². The van der Waals surface area contributed by atoms with Crippen LogP contribution in [0.15, 0.2) is 17.5 Å². The Bertz CT molecular complexity index is 340. The summed E-state index contributed by atoms with van der Waals surface area (Å²) in [4.78, 5) is 3.73. The zero-order chi connectivity index (χ0) is 13.5. The molecule has 0 aliphatic heterocycles. The Morgan fingerprint density at radius 1 is 1.47 bits per heavy atom. The van der Waals surface area contributed by atoms with Gasteiger partial charge in [0.2, 0.25) is 0 Å². The zero-order valence-electron chi connectivity index (χ0n) is 11.5. The number of nitrogens with zero attached hydrogens (tertiary/aromatic N) is 1. The van der Waals surface area contributed by atoms with E-state index in [9.17, 15) is 5.11 Å². The van der Waals surface area contributed by atoms with Crippen LogP contribution in [0.5, 0.6) is 0 Å². The van der Waals surface area contributed by atoms with Crippen LogP contribution in [-0.4, -0.2) is 55.6 Å². The van der Waals surface area contributed by atoms with Gasteiger partial charge < -0.3 is 14.6 Å². The predicted molar refractivity (Wildman–Crippen MR) is 76.5 cm³/mol. The van der Waals surface area contributed by atoms with Crippen molar-refractivity contribution in [3.05, 3.63) is 22.4 Å². The summed E-state index contributed by atoms with van der Waals surface area (Å²) in [6.07, 6.45) is 2.09. The van der Waals surface area contributed by atoms with Gasteiger partial charge in [-0.05, 0) is 24.3 Å². The van der Waals surface area contributed by atoms with Crippen LogP contribution >= 0.6 is 11.3 Å². The molecule has 0 bridgehead atoms. The number of methoxy groups -OCH3 is 1. The van der Waals surface area contributed by atoms with E-state index in [4.69, 9.17) is 9.47 Å². The zero-order valence-corrected chi connectivity index (χ0v) is 12.3. The van der Waals surface area contributed by atoms with E-state index in [1.807, 2.05) is 0 Å². The number of aliphatic hydroxyl groups is 1. The monoisotopic (exact) mass is 285 g/mol. The molecule has 1 N–H and O–H groups in total. The van der Waals surface area contributed by atoms with Crippen LogP contribution in [0.3, 0.4) is 0 Å². The third-order valence-electron chi connectivity index (χ3n) is 3.19. The SMILES string of the molecule is COCCOCC(O)CN(Cc1cccs1)C1CC1. The highest BCUT2D eigenvalue weighted by molar-refractivity contribution is 7.09. The molecule has 0 amide bonds. The highest BCUT2D eigenvalue weighted by Gasteiger charge is 2.30. The average molecular weight is 285 g/mol. The quantitative estimate of drug-likeness (QED) is 0.665. The van der Waals surface area contributed by atoms with Crippen molar-refractivity contribution in [1.82, 2.24) is 4.90 Å². The van der Waals surface area contributed by atoms with Crippen molar-refractivity contribution in [2.45, 2.75) is 31.5 Å². The molecule has 1 unspecified atom stereocenters. The lowest BCUT2D eigenvalue weighted by Gasteiger charge is -2.24. The van der Waals surface area contributed by atoms with Gasteiger partial charge in [-0.15, -0.1) is 11.3 Å². The number of thiophene rings is 1. The summed E-state index contributed by atoms with van der Waals surface area (Å²) in [6, 6.07) is 4.88. The van der Waals surface area contributed by atoms with Gasteiger partial charge >= 0.3 is 0 Å². The van der Waals surface area contributed by atoms with Gasteiger partial charge in [-0.2, -0.15) is 0 Å². The highest BCUT2D eigenvalue weighted by atomic mass is 32.1. The van der Waals surface area contributed by atoms with Crippen molar-refractivity contribution in [2.24, 2.45) is 0 Å². The number of rotatable bonds is 10. The number of aliphatic hydroxyl groups excluding tert-OH is 1. The first kappa shape index (κ1) is 14.9. The second-order valence-corrected chi connectivity index (χ2v) is 5.99. The standard InChI is InChI=1S/C14H23NO3S/c1-17-6-7-18-11-13(16)9-15(12-4-5-12)10-14-3-2-8-19-14/h2-3,8,12-13,16H,4-7,9-11H2,1H3. The molecule has 1 aliphatic carbocycles. The summed E-state index contributed by atoms with van der Waals surface area (Å²) in [5, 5.41) is 12.1. The normalized spacial score (nSPS) is 17.0. The van der Waals surface area contributed by atoms with Gasteiger partial charge in [-0.1, -0.05) is 6.07 Å². The van der Waals surface area contributed by atoms with E-state index < -0.39 is 6.10 Å². The van der Waals surface area contributed by atoms with Crippen molar-refractivity contribution in [1.29, 1.82) is 0 Å². The van der Waals surface area contributed by atoms with Crippen molar-refractivity contribution < 1.29 is 14.6 Å². The van der Waals surface area contributed by atoms with E-state index in [2.05, 4.69) is 22.4 Å². The molecule has 4 nitrogen and oxygen atoms in total. The first-order valence-corrected chi connectivity index (χ1v) is 7.68. The maximum atomic E-state index is 10.0. The van der Waals surface area contributed by atoms with Crippen molar-refractivity contribution in [2.75, 3.05) is 33.5 Å². The fourth-order valence-corrected chi connectivity index (χ4v) is 2.80. The van der Waals surface area contributed by atoms with Gasteiger partial charge in [0, 0.05) is 31.1 Å². The van der Waals surface area contributed by atoms with Crippen LogP contribution in [0.25, 0.3) is 0 Å². The highest BCUT2D eigenvalue weighted by Crippen LogP contribution is 2.29.